The second kappa shape index (κ2) is 15.8. The molecule has 1 heterocycles. The number of nitrogens with two attached hydrogens (primary N) is 1. The standard InChI is InChI=1S/C22H38N2O6/c1-2-3-4-5-6-7-8-9-10-11-12-13-14-15-20(26)30-24-19(25)16-18(22(24)28)29-21(27)17-23/h18H,2-17,23H2,1H3. The first-order chi connectivity index (χ1) is 14.5. The van der Waals surface area contributed by atoms with Gasteiger partial charge in [-0.05, 0) is 6.42 Å². The van der Waals surface area contributed by atoms with Gasteiger partial charge in [-0.3, -0.25) is 14.4 Å². The second-order valence-corrected chi connectivity index (χ2v) is 7.87. The number of hydrogen-bond donors (Lipinski definition) is 1. The highest BCUT2D eigenvalue weighted by Gasteiger charge is 2.44. The third-order valence-electron chi connectivity index (χ3n) is 5.18. The lowest BCUT2D eigenvalue weighted by Crippen LogP contribution is -2.36. The minimum absolute atomic E-state index is 0.141. The van der Waals surface area contributed by atoms with Gasteiger partial charge >= 0.3 is 17.8 Å². The Morgan fingerprint density at radius 3 is 1.87 bits per heavy atom. The lowest BCUT2D eigenvalue weighted by Gasteiger charge is -2.13. The van der Waals surface area contributed by atoms with E-state index in [2.05, 4.69) is 6.92 Å². The summed E-state index contributed by atoms with van der Waals surface area (Å²) >= 11 is 0. The molecule has 0 aliphatic carbocycles. The van der Waals surface area contributed by atoms with Crippen LogP contribution in [0.3, 0.4) is 0 Å². The molecule has 8 nitrogen and oxygen atoms in total. The van der Waals surface area contributed by atoms with Gasteiger partial charge in [0.1, 0.15) is 0 Å². The maximum atomic E-state index is 12.0. The lowest BCUT2D eigenvalue weighted by atomic mass is 10.0. The molecule has 0 spiro atoms. The first-order valence-electron chi connectivity index (χ1n) is 11.5. The number of ether oxygens (including phenoxy) is 1. The molecular weight excluding hydrogens is 388 g/mol. The van der Waals surface area contributed by atoms with Crippen molar-refractivity contribution < 1.29 is 28.8 Å². The van der Waals surface area contributed by atoms with Gasteiger partial charge < -0.3 is 15.3 Å². The number of rotatable bonds is 17. The molecule has 8 heteroatoms. The number of amides is 2. The normalized spacial score (nSPS) is 16.2. The average molecular weight is 427 g/mol. The van der Waals surface area contributed by atoms with Crippen molar-refractivity contribution in [3.8, 4) is 0 Å². The fraction of sp³-hybridized carbons (Fsp3) is 0.818. The number of imide groups is 1. The van der Waals surface area contributed by atoms with Crippen LogP contribution in [0.15, 0.2) is 0 Å². The van der Waals surface area contributed by atoms with E-state index < -0.39 is 36.4 Å². The molecule has 1 unspecified atom stereocenters. The molecule has 172 valence electrons. The Balaban J connectivity index is 2.03. The molecule has 0 bridgehead atoms. The number of carbonyl (C=O) groups is 4. The Labute approximate surface area is 179 Å². The summed E-state index contributed by atoms with van der Waals surface area (Å²) in [6, 6.07) is 0. The molecule has 0 aromatic rings. The van der Waals surface area contributed by atoms with Crippen LogP contribution < -0.4 is 5.73 Å². The number of nitrogens with zero attached hydrogens (tertiary/aromatic N) is 1. The van der Waals surface area contributed by atoms with E-state index in [1.54, 1.807) is 0 Å². The quantitative estimate of drug-likeness (QED) is 0.215. The van der Waals surface area contributed by atoms with Gasteiger partial charge in [0.2, 0.25) is 0 Å². The van der Waals surface area contributed by atoms with Gasteiger partial charge in [0, 0.05) is 6.42 Å². The molecule has 0 aromatic heterocycles. The van der Waals surface area contributed by atoms with Gasteiger partial charge in [-0.1, -0.05) is 89.0 Å². The molecule has 2 amide bonds. The zero-order chi connectivity index (χ0) is 22.2. The monoisotopic (exact) mass is 426 g/mol. The maximum Gasteiger partial charge on any atom is 0.333 e. The highest BCUT2D eigenvalue weighted by atomic mass is 16.7. The number of carbonyl (C=O) groups excluding carboxylic acids is 4. The highest BCUT2D eigenvalue weighted by molar-refractivity contribution is 6.05. The number of unbranched alkanes of at least 4 members (excludes halogenated alkanes) is 12. The molecule has 0 aromatic carbocycles. The second-order valence-electron chi connectivity index (χ2n) is 7.87. The van der Waals surface area contributed by atoms with Crippen LogP contribution in [0.1, 0.15) is 103 Å². The molecule has 30 heavy (non-hydrogen) atoms. The van der Waals surface area contributed by atoms with Gasteiger partial charge in [-0.15, -0.1) is 0 Å². The SMILES string of the molecule is CCCCCCCCCCCCCCCC(=O)ON1C(=O)CC(OC(=O)CN)C1=O. The lowest BCUT2D eigenvalue weighted by molar-refractivity contribution is -0.199. The van der Waals surface area contributed by atoms with Crippen molar-refractivity contribution in [1.29, 1.82) is 0 Å². The van der Waals surface area contributed by atoms with Gasteiger partial charge in [0.25, 0.3) is 5.91 Å². The van der Waals surface area contributed by atoms with E-state index in [4.69, 9.17) is 15.3 Å². The third-order valence-corrected chi connectivity index (χ3v) is 5.18. The predicted octanol–water partition coefficient (Wildman–Crippen LogP) is 3.56. The third kappa shape index (κ3) is 10.7. The van der Waals surface area contributed by atoms with E-state index in [1.807, 2.05) is 0 Å². The Kier molecular flexibility index (Phi) is 13.8. The van der Waals surface area contributed by atoms with E-state index >= 15 is 0 Å². The molecule has 2 N–H and O–H groups in total. The number of esters is 1. The predicted molar refractivity (Wildman–Crippen MR) is 112 cm³/mol. The van der Waals surface area contributed by atoms with Crippen molar-refractivity contribution in [2.24, 2.45) is 5.73 Å². The molecule has 1 atom stereocenters. The van der Waals surface area contributed by atoms with Crippen LogP contribution in [0.25, 0.3) is 0 Å². The van der Waals surface area contributed by atoms with Gasteiger partial charge in [0.05, 0.1) is 13.0 Å². The fourth-order valence-corrected chi connectivity index (χ4v) is 3.41. The average Bonchev–Trinajstić information content (AvgIpc) is 2.98. The summed E-state index contributed by atoms with van der Waals surface area (Å²) in [7, 11) is 0. The van der Waals surface area contributed by atoms with Crippen molar-refractivity contribution >= 4 is 23.8 Å². The van der Waals surface area contributed by atoms with Gasteiger partial charge in [-0.2, -0.15) is 0 Å². The Hall–Kier alpha value is -1.96. The fourth-order valence-electron chi connectivity index (χ4n) is 3.41. The van der Waals surface area contributed by atoms with Crippen LogP contribution in [0, 0.1) is 0 Å². The van der Waals surface area contributed by atoms with E-state index in [0.717, 1.165) is 19.3 Å². The Morgan fingerprint density at radius 1 is 0.867 bits per heavy atom. The van der Waals surface area contributed by atoms with Crippen LogP contribution in [0.2, 0.25) is 0 Å². The molecule has 0 saturated carbocycles. The molecule has 1 aliphatic heterocycles. The number of hydroxylamine groups is 2. The Morgan fingerprint density at radius 2 is 1.37 bits per heavy atom. The van der Waals surface area contributed by atoms with Crippen molar-refractivity contribution in [3.05, 3.63) is 0 Å². The zero-order valence-electron chi connectivity index (χ0n) is 18.4. The molecule has 1 aliphatic rings. The summed E-state index contributed by atoms with van der Waals surface area (Å²) in [6.45, 7) is 1.84. The summed E-state index contributed by atoms with van der Waals surface area (Å²) in [5, 5.41) is 0.402. The summed E-state index contributed by atoms with van der Waals surface area (Å²) in [4.78, 5) is 51.7. The minimum atomic E-state index is -1.27. The summed E-state index contributed by atoms with van der Waals surface area (Å²) in [5.74, 6) is -2.97. The summed E-state index contributed by atoms with van der Waals surface area (Å²) in [5.41, 5.74) is 5.12. The number of hydrogen-bond acceptors (Lipinski definition) is 7. The molecule has 1 rings (SSSR count). The first kappa shape index (κ1) is 26.1. The van der Waals surface area contributed by atoms with Gasteiger partial charge in [-0.25, -0.2) is 4.79 Å². The first-order valence-corrected chi connectivity index (χ1v) is 11.5. The molecular formula is C22H38N2O6. The molecule has 1 saturated heterocycles. The molecule has 1 fully saturated rings. The Bertz CT molecular complexity index is 552. The molecule has 0 radical (unpaired) electrons. The van der Waals surface area contributed by atoms with E-state index in [9.17, 15) is 19.2 Å². The van der Waals surface area contributed by atoms with Crippen LogP contribution in [-0.4, -0.2) is 41.5 Å². The largest absolute Gasteiger partial charge is 0.451 e. The summed E-state index contributed by atoms with van der Waals surface area (Å²) in [6.07, 6.45) is 14.1. The van der Waals surface area contributed by atoms with Crippen molar-refractivity contribution in [3.63, 3.8) is 0 Å². The minimum Gasteiger partial charge on any atom is -0.451 e. The van der Waals surface area contributed by atoms with Crippen LogP contribution >= 0.6 is 0 Å². The van der Waals surface area contributed by atoms with Crippen molar-refractivity contribution in [1.82, 2.24) is 5.06 Å². The highest BCUT2D eigenvalue weighted by Crippen LogP contribution is 2.18. The van der Waals surface area contributed by atoms with Gasteiger partial charge in [0.15, 0.2) is 6.10 Å². The van der Waals surface area contributed by atoms with E-state index in [1.165, 1.54) is 57.8 Å². The van der Waals surface area contributed by atoms with Crippen LogP contribution in [0.5, 0.6) is 0 Å². The zero-order valence-corrected chi connectivity index (χ0v) is 18.4. The van der Waals surface area contributed by atoms with Crippen LogP contribution in [-0.2, 0) is 28.8 Å². The van der Waals surface area contributed by atoms with E-state index in [0.29, 0.717) is 11.5 Å². The summed E-state index contributed by atoms with van der Waals surface area (Å²) < 4.78 is 4.77. The maximum absolute atomic E-state index is 12.0. The van der Waals surface area contributed by atoms with Crippen molar-refractivity contribution in [2.75, 3.05) is 6.54 Å². The van der Waals surface area contributed by atoms with E-state index in [-0.39, 0.29) is 12.8 Å². The topological polar surface area (TPSA) is 116 Å². The smallest absolute Gasteiger partial charge is 0.333 e. The van der Waals surface area contributed by atoms with Crippen molar-refractivity contribution in [2.45, 2.75) is 109 Å². The van der Waals surface area contributed by atoms with Crippen LogP contribution in [0.4, 0.5) is 0 Å².